The summed E-state index contributed by atoms with van der Waals surface area (Å²) in [6.07, 6.45) is 4.57. The van der Waals surface area contributed by atoms with Gasteiger partial charge in [0.05, 0.1) is 4.88 Å². The van der Waals surface area contributed by atoms with Crippen molar-refractivity contribution < 1.29 is 4.79 Å². The fourth-order valence-corrected chi connectivity index (χ4v) is 4.03. The molecule has 1 saturated carbocycles. The molecule has 17 heavy (non-hydrogen) atoms. The molecule has 2 atom stereocenters. The van der Waals surface area contributed by atoms with Gasteiger partial charge >= 0.3 is 0 Å². The van der Waals surface area contributed by atoms with Gasteiger partial charge in [0.15, 0.2) is 0 Å². The van der Waals surface area contributed by atoms with Crippen molar-refractivity contribution in [2.45, 2.75) is 37.4 Å². The lowest BCUT2D eigenvalue weighted by molar-refractivity contribution is 0.0950. The molecule has 1 heterocycles. The zero-order valence-corrected chi connectivity index (χ0v) is 12.4. The lowest BCUT2D eigenvalue weighted by atomic mass is 10.1. The Kier molecular flexibility index (Phi) is 4.62. The van der Waals surface area contributed by atoms with E-state index in [9.17, 15) is 4.79 Å². The monoisotopic (exact) mass is 315 g/mol. The van der Waals surface area contributed by atoms with Gasteiger partial charge < -0.3 is 5.32 Å². The minimum absolute atomic E-state index is 0.106. The summed E-state index contributed by atoms with van der Waals surface area (Å²) in [5.41, 5.74) is 1.16. The molecule has 1 fully saturated rings. The van der Waals surface area contributed by atoms with Crippen molar-refractivity contribution >= 4 is 33.2 Å². The summed E-state index contributed by atoms with van der Waals surface area (Å²) in [7, 11) is 0. The van der Waals surface area contributed by atoms with Crippen molar-refractivity contribution in [3.8, 4) is 0 Å². The zero-order chi connectivity index (χ0) is 12.3. The van der Waals surface area contributed by atoms with E-state index < -0.39 is 0 Å². The SMILES string of the molecule is CCc1ccsc1C(=O)NCC1CCC(Br)C1. The first-order valence-electron chi connectivity index (χ1n) is 6.19. The van der Waals surface area contributed by atoms with Crippen molar-refractivity contribution in [2.75, 3.05) is 6.54 Å². The molecule has 0 aromatic carbocycles. The number of amides is 1. The molecule has 0 bridgehead atoms. The standard InChI is InChI=1S/C13H18BrNOS/c1-2-10-5-6-17-12(10)13(16)15-8-9-3-4-11(14)7-9/h5-6,9,11H,2-4,7-8H2,1H3,(H,15,16). The van der Waals surface area contributed by atoms with Crippen LogP contribution in [-0.2, 0) is 6.42 Å². The fraction of sp³-hybridized carbons (Fsp3) is 0.615. The zero-order valence-electron chi connectivity index (χ0n) is 10.0. The van der Waals surface area contributed by atoms with Crippen molar-refractivity contribution in [3.63, 3.8) is 0 Å². The average Bonchev–Trinajstić information content (AvgIpc) is 2.94. The van der Waals surface area contributed by atoms with Gasteiger partial charge in [-0.2, -0.15) is 0 Å². The van der Waals surface area contributed by atoms with Crippen LogP contribution in [0.1, 0.15) is 41.4 Å². The van der Waals surface area contributed by atoms with Gasteiger partial charge in [-0.05, 0) is 48.6 Å². The van der Waals surface area contributed by atoms with Gasteiger partial charge in [-0.15, -0.1) is 11.3 Å². The van der Waals surface area contributed by atoms with Crippen LogP contribution in [0.25, 0.3) is 0 Å². The van der Waals surface area contributed by atoms with Crippen molar-refractivity contribution in [3.05, 3.63) is 21.9 Å². The van der Waals surface area contributed by atoms with E-state index in [-0.39, 0.29) is 5.91 Å². The number of aryl methyl sites for hydroxylation is 1. The molecule has 1 aromatic rings. The third-order valence-electron chi connectivity index (χ3n) is 3.36. The molecule has 1 aliphatic carbocycles. The van der Waals surface area contributed by atoms with E-state index in [0.717, 1.165) is 23.4 Å². The first kappa shape index (κ1) is 13.1. The predicted molar refractivity (Wildman–Crippen MR) is 76.1 cm³/mol. The second-order valence-corrected chi connectivity index (χ2v) is 6.83. The molecule has 4 heteroatoms. The Hall–Kier alpha value is -0.350. The highest BCUT2D eigenvalue weighted by atomic mass is 79.9. The van der Waals surface area contributed by atoms with Gasteiger partial charge in [0.25, 0.3) is 5.91 Å². The van der Waals surface area contributed by atoms with Crippen LogP contribution in [0, 0.1) is 5.92 Å². The smallest absolute Gasteiger partial charge is 0.261 e. The summed E-state index contributed by atoms with van der Waals surface area (Å²) < 4.78 is 0. The lowest BCUT2D eigenvalue weighted by Crippen LogP contribution is -2.28. The van der Waals surface area contributed by atoms with Crippen LogP contribution in [0.15, 0.2) is 11.4 Å². The van der Waals surface area contributed by atoms with Crippen molar-refractivity contribution in [1.82, 2.24) is 5.32 Å². The number of halogens is 1. The van der Waals surface area contributed by atoms with Gasteiger partial charge in [0.1, 0.15) is 0 Å². The molecule has 0 aliphatic heterocycles. The van der Waals surface area contributed by atoms with Gasteiger partial charge in [-0.25, -0.2) is 0 Å². The van der Waals surface area contributed by atoms with Gasteiger partial charge in [0, 0.05) is 11.4 Å². The van der Waals surface area contributed by atoms with E-state index in [0.29, 0.717) is 10.7 Å². The molecule has 1 aromatic heterocycles. The second-order valence-electron chi connectivity index (χ2n) is 4.61. The fourth-order valence-electron chi connectivity index (χ4n) is 2.33. The van der Waals surface area contributed by atoms with Crippen LogP contribution in [-0.4, -0.2) is 17.3 Å². The van der Waals surface area contributed by atoms with Gasteiger partial charge in [-0.3, -0.25) is 4.79 Å². The molecule has 94 valence electrons. The van der Waals surface area contributed by atoms with Crippen LogP contribution in [0.4, 0.5) is 0 Å². The van der Waals surface area contributed by atoms with Crippen LogP contribution in [0.5, 0.6) is 0 Å². The Morgan fingerprint density at radius 2 is 2.41 bits per heavy atom. The number of carbonyl (C=O) groups is 1. The summed E-state index contributed by atoms with van der Waals surface area (Å²) in [4.78, 5) is 13.6. The minimum atomic E-state index is 0.106. The second kappa shape index (κ2) is 6.01. The topological polar surface area (TPSA) is 29.1 Å². The van der Waals surface area contributed by atoms with E-state index in [4.69, 9.17) is 0 Å². The average molecular weight is 316 g/mol. The molecular weight excluding hydrogens is 298 g/mol. The minimum Gasteiger partial charge on any atom is -0.351 e. The largest absolute Gasteiger partial charge is 0.351 e. The number of thiophene rings is 1. The molecule has 0 saturated heterocycles. The van der Waals surface area contributed by atoms with Gasteiger partial charge in [-0.1, -0.05) is 22.9 Å². The maximum Gasteiger partial charge on any atom is 0.261 e. The summed E-state index contributed by atoms with van der Waals surface area (Å²) in [6, 6.07) is 2.05. The number of hydrogen-bond acceptors (Lipinski definition) is 2. The number of rotatable bonds is 4. The third-order valence-corrected chi connectivity index (χ3v) is 5.15. The Balaban J connectivity index is 1.85. The van der Waals surface area contributed by atoms with E-state index in [1.165, 1.54) is 19.3 Å². The first-order chi connectivity index (χ1) is 8.20. The maximum atomic E-state index is 12.0. The van der Waals surface area contributed by atoms with Crippen LogP contribution < -0.4 is 5.32 Å². The van der Waals surface area contributed by atoms with Crippen molar-refractivity contribution in [2.24, 2.45) is 5.92 Å². The lowest BCUT2D eigenvalue weighted by Gasteiger charge is -2.10. The molecule has 0 radical (unpaired) electrons. The van der Waals surface area contributed by atoms with E-state index >= 15 is 0 Å². The Bertz CT molecular complexity index is 391. The first-order valence-corrected chi connectivity index (χ1v) is 7.98. The van der Waals surface area contributed by atoms with E-state index in [1.807, 2.05) is 11.4 Å². The Morgan fingerprint density at radius 1 is 1.59 bits per heavy atom. The molecule has 1 aliphatic rings. The molecule has 2 nitrogen and oxygen atoms in total. The number of hydrogen-bond donors (Lipinski definition) is 1. The molecular formula is C13H18BrNOS. The van der Waals surface area contributed by atoms with Crippen LogP contribution in [0.2, 0.25) is 0 Å². The normalized spacial score (nSPS) is 23.9. The molecule has 2 rings (SSSR count). The maximum absolute atomic E-state index is 12.0. The van der Waals surface area contributed by atoms with Crippen molar-refractivity contribution in [1.29, 1.82) is 0 Å². The molecule has 2 unspecified atom stereocenters. The number of nitrogens with one attached hydrogen (secondary N) is 1. The van der Waals surface area contributed by atoms with Crippen LogP contribution in [0.3, 0.4) is 0 Å². The molecule has 0 spiro atoms. The highest BCUT2D eigenvalue weighted by molar-refractivity contribution is 9.09. The molecule has 1 N–H and O–H groups in total. The predicted octanol–water partition coefficient (Wildman–Crippen LogP) is 3.60. The Labute approximate surface area is 115 Å². The summed E-state index contributed by atoms with van der Waals surface area (Å²) >= 11 is 5.18. The van der Waals surface area contributed by atoms with Gasteiger partial charge in [0.2, 0.25) is 0 Å². The Morgan fingerprint density at radius 3 is 3.06 bits per heavy atom. The highest BCUT2D eigenvalue weighted by Gasteiger charge is 2.23. The summed E-state index contributed by atoms with van der Waals surface area (Å²) in [5.74, 6) is 0.753. The van der Waals surface area contributed by atoms with E-state index in [1.54, 1.807) is 11.3 Å². The summed E-state index contributed by atoms with van der Waals surface area (Å²) in [6.45, 7) is 2.91. The third kappa shape index (κ3) is 3.32. The molecule has 1 amide bonds. The quantitative estimate of drug-likeness (QED) is 0.845. The highest BCUT2D eigenvalue weighted by Crippen LogP contribution is 2.30. The number of alkyl halides is 1. The summed E-state index contributed by atoms with van der Waals surface area (Å²) in [5, 5.41) is 5.07. The number of carbonyl (C=O) groups excluding carboxylic acids is 1. The van der Waals surface area contributed by atoms with Crippen LogP contribution >= 0.6 is 27.3 Å². The van der Waals surface area contributed by atoms with E-state index in [2.05, 4.69) is 28.2 Å².